The summed E-state index contributed by atoms with van der Waals surface area (Å²) in [5.41, 5.74) is -0.0659. The van der Waals surface area contributed by atoms with E-state index in [4.69, 9.17) is 9.47 Å². The summed E-state index contributed by atoms with van der Waals surface area (Å²) in [6, 6.07) is 0. The molecule has 0 aromatic heterocycles. The van der Waals surface area contributed by atoms with Gasteiger partial charge in [0.2, 0.25) is 0 Å². The van der Waals surface area contributed by atoms with E-state index >= 15 is 0 Å². The smallest absolute Gasteiger partial charge is 0.0708 e. The van der Waals surface area contributed by atoms with Crippen molar-refractivity contribution in [3.05, 3.63) is 0 Å². The summed E-state index contributed by atoms with van der Waals surface area (Å²) < 4.78 is 11.5. The zero-order valence-corrected chi connectivity index (χ0v) is 12.8. The minimum absolute atomic E-state index is 0.00497. The molecule has 0 aliphatic carbocycles. The summed E-state index contributed by atoms with van der Waals surface area (Å²) >= 11 is 0. The van der Waals surface area contributed by atoms with E-state index in [1.807, 2.05) is 0 Å². The Morgan fingerprint density at radius 3 is 1.88 bits per heavy atom. The Kier molecular flexibility index (Phi) is 8.06. The van der Waals surface area contributed by atoms with E-state index in [0.717, 1.165) is 6.42 Å². The summed E-state index contributed by atoms with van der Waals surface area (Å²) in [5.74, 6) is 0. The fourth-order valence-corrected chi connectivity index (χ4v) is 1.72. The Morgan fingerprint density at radius 2 is 1.35 bits per heavy atom. The topological polar surface area (TPSA) is 18.5 Å². The van der Waals surface area contributed by atoms with Crippen LogP contribution in [0.25, 0.3) is 0 Å². The van der Waals surface area contributed by atoms with Gasteiger partial charge in [0.1, 0.15) is 0 Å². The summed E-state index contributed by atoms with van der Waals surface area (Å²) in [5, 5.41) is 0. The molecule has 0 N–H and O–H groups in total. The molecule has 104 valence electrons. The van der Waals surface area contributed by atoms with Crippen molar-refractivity contribution in [1.82, 2.24) is 0 Å². The van der Waals surface area contributed by atoms with E-state index in [0.29, 0.717) is 13.2 Å². The van der Waals surface area contributed by atoms with Gasteiger partial charge in [0.15, 0.2) is 0 Å². The van der Waals surface area contributed by atoms with Crippen molar-refractivity contribution in [2.24, 2.45) is 0 Å². The van der Waals surface area contributed by atoms with Gasteiger partial charge in [-0.2, -0.15) is 0 Å². The van der Waals surface area contributed by atoms with Gasteiger partial charge in [-0.15, -0.1) is 0 Å². The second-order valence-electron chi connectivity index (χ2n) is 6.38. The van der Waals surface area contributed by atoms with Gasteiger partial charge < -0.3 is 9.47 Å². The van der Waals surface area contributed by atoms with Gasteiger partial charge in [0, 0.05) is 0 Å². The summed E-state index contributed by atoms with van der Waals surface area (Å²) in [4.78, 5) is 0. The molecule has 0 radical (unpaired) electrons. The molecule has 0 saturated heterocycles. The van der Waals surface area contributed by atoms with Crippen LogP contribution in [-0.2, 0) is 9.47 Å². The van der Waals surface area contributed by atoms with Crippen molar-refractivity contribution in [1.29, 1.82) is 0 Å². The largest absolute Gasteiger partial charge is 0.373 e. The lowest BCUT2D eigenvalue weighted by atomic mass is 10.00. The molecule has 2 nitrogen and oxygen atoms in total. The van der Waals surface area contributed by atoms with Gasteiger partial charge in [-0.25, -0.2) is 0 Å². The number of hydrogen-bond acceptors (Lipinski definition) is 2. The minimum Gasteiger partial charge on any atom is -0.373 e. The second-order valence-corrected chi connectivity index (χ2v) is 6.38. The quantitative estimate of drug-likeness (QED) is 0.553. The number of hydrogen-bond donors (Lipinski definition) is 0. The third kappa shape index (κ3) is 12.2. The second kappa shape index (κ2) is 8.10. The lowest BCUT2D eigenvalue weighted by molar-refractivity contribution is -0.0815. The van der Waals surface area contributed by atoms with E-state index < -0.39 is 0 Å². The van der Waals surface area contributed by atoms with E-state index in [1.165, 1.54) is 25.7 Å². The van der Waals surface area contributed by atoms with Gasteiger partial charge in [-0.05, 0) is 41.0 Å². The molecule has 0 rings (SSSR count). The lowest BCUT2D eigenvalue weighted by Gasteiger charge is -2.27. The molecule has 0 fully saturated rings. The Balaban J connectivity index is 3.56. The van der Waals surface area contributed by atoms with Crippen LogP contribution >= 0.6 is 0 Å². The van der Waals surface area contributed by atoms with E-state index in [9.17, 15) is 0 Å². The Morgan fingerprint density at radius 1 is 0.765 bits per heavy atom. The highest BCUT2D eigenvalue weighted by Crippen LogP contribution is 2.19. The van der Waals surface area contributed by atoms with E-state index in [-0.39, 0.29) is 11.2 Å². The van der Waals surface area contributed by atoms with Crippen molar-refractivity contribution >= 4 is 0 Å². The lowest BCUT2D eigenvalue weighted by Crippen LogP contribution is -2.28. The molecule has 0 aromatic carbocycles. The van der Waals surface area contributed by atoms with E-state index in [1.54, 1.807) is 0 Å². The van der Waals surface area contributed by atoms with Crippen LogP contribution in [0.1, 0.15) is 73.6 Å². The third-order valence-corrected chi connectivity index (χ3v) is 2.74. The molecule has 0 unspecified atom stereocenters. The fraction of sp³-hybridized carbons (Fsp3) is 1.00. The SMILES string of the molecule is CCCCCCC(C)(C)OCCOC(C)(C)C. The predicted octanol–water partition coefficient (Wildman–Crippen LogP) is 4.57. The maximum Gasteiger partial charge on any atom is 0.0708 e. The van der Waals surface area contributed by atoms with Crippen molar-refractivity contribution in [2.45, 2.75) is 84.8 Å². The molecule has 0 bridgehead atoms. The maximum absolute atomic E-state index is 5.88. The van der Waals surface area contributed by atoms with Crippen LogP contribution in [-0.4, -0.2) is 24.4 Å². The van der Waals surface area contributed by atoms with Gasteiger partial charge in [-0.3, -0.25) is 0 Å². The molecular formula is C15H32O2. The van der Waals surface area contributed by atoms with Gasteiger partial charge in [0.25, 0.3) is 0 Å². The monoisotopic (exact) mass is 244 g/mol. The molecule has 0 saturated carbocycles. The first-order valence-corrected chi connectivity index (χ1v) is 7.05. The highest BCUT2D eigenvalue weighted by atomic mass is 16.5. The molecule has 0 amide bonds. The summed E-state index contributed by atoms with van der Waals surface area (Å²) in [6.07, 6.45) is 6.36. The molecule has 0 aliphatic heterocycles. The van der Waals surface area contributed by atoms with E-state index in [2.05, 4.69) is 41.5 Å². The Labute approximate surface area is 108 Å². The van der Waals surface area contributed by atoms with Crippen LogP contribution in [0.2, 0.25) is 0 Å². The van der Waals surface area contributed by atoms with Crippen molar-refractivity contribution < 1.29 is 9.47 Å². The maximum atomic E-state index is 5.88. The highest BCUT2D eigenvalue weighted by Gasteiger charge is 2.18. The normalized spacial score (nSPS) is 13.1. The summed E-state index contributed by atoms with van der Waals surface area (Å²) in [6.45, 7) is 14.2. The van der Waals surface area contributed by atoms with Gasteiger partial charge in [0.05, 0.1) is 24.4 Å². The fourth-order valence-electron chi connectivity index (χ4n) is 1.72. The van der Waals surface area contributed by atoms with Crippen LogP contribution in [0, 0.1) is 0 Å². The first-order valence-electron chi connectivity index (χ1n) is 7.05. The first kappa shape index (κ1) is 16.9. The van der Waals surface area contributed by atoms with Crippen molar-refractivity contribution in [3.63, 3.8) is 0 Å². The Bertz CT molecular complexity index is 180. The number of rotatable bonds is 9. The first-order chi connectivity index (χ1) is 7.77. The number of ether oxygens (including phenoxy) is 2. The van der Waals surface area contributed by atoms with Crippen LogP contribution in [0.15, 0.2) is 0 Å². The van der Waals surface area contributed by atoms with Crippen LogP contribution in [0.4, 0.5) is 0 Å². The molecular weight excluding hydrogens is 212 g/mol. The standard InChI is InChI=1S/C15H32O2/c1-7-8-9-10-11-15(5,6)17-13-12-16-14(2,3)4/h7-13H2,1-6H3. The minimum atomic E-state index is -0.0609. The van der Waals surface area contributed by atoms with Crippen LogP contribution in [0.3, 0.4) is 0 Å². The third-order valence-electron chi connectivity index (χ3n) is 2.74. The molecule has 2 heteroatoms. The average molecular weight is 244 g/mol. The average Bonchev–Trinajstić information content (AvgIpc) is 2.18. The highest BCUT2D eigenvalue weighted by molar-refractivity contribution is 4.68. The zero-order chi connectivity index (χ0) is 13.4. The van der Waals surface area contributed by atoms with Crippen LogP contribution < -0.4 is 0 Å². The van der Waals surface area contributed by atoms with Crippen molar-refractivity contribution in [3.8, 4) is 0 Å². The molecule has 0 atom stereocenters. The molecule has 17 heavy (non-hydrogen) atoms. The Hall–Kier alpha value is -0.0800. The zero-order valence-electron chi connectivity index (χ0n) is 12.8. The molecule has 0 heterocycles. The molecule has 0 aromatic rings. The molecule has 0 aliphatic rings. The van der Waals surface area contributed by atoms with Gasteiger partial charge >= 0.3 is 0 Å². The van der Waals surface area contributed by atoms with Gasteiger partial charge in [-0.1, -0.05) is 32.6 Å². The predicted molar refractivity (Wildman–Crippen MR) is 74.5 cm³/mol. The van der Waals surface area contributed by atoms with Crippen LogP contribution in [0.5, 0.6) is 0 Å². The summed E-state index contributed by atoms with van der Waals surface area (Å²) in [7, 11) is 0. The number of unbranched alkanes of at least 4 members (excludes halogenated alkanes) is 3. The molecule has 0 spiro atoms. The van der Waals surface area contributed by atoms with Crippen molar-refractivity contribution in [2.75, 3.05) is 13.2 Å².